The van der Waals surface area contributed by atoms with Gasteiger partial charge in [-0.15, -0.1) is 0 Å². The van der Waals surface area contributed by atoms with Crippen LogP contribution in [-0.2, 0) is 0 Å². The maximum atomic E-state index is 4.98. The summed E-state index contributed by atoms with van der Waals surface area (Å²) in [4.78, 5) is 14.4. The average Bonchev–Trinajstić information content (AvgIpc) is 3.09. The van der Waals surface area contributed by atoms with Crippen LogP contribution in [0.1, 0.15) is 0 Å². The van der Waals surface area contributed by atoms with Crippen LogP contribution in [-0.4, -0.2) is 15.0 Å². The molecule has 0 N–H and O–H groups in total. The van der Waals surface area contributed by atoms with E-state index in [9.17, 15) is 0 Å². The molecule has 8 aromatic rings. The van der Waals surface area contributed by atoms with Gasteiger partial charge < -0.3 is 0 Å². The van der Waals surface area contributed by atoms with Gasteiger partial charge in [-0.3, -0.25) is 9.97 Å². The Kier molecular flexibility index (Phi) is 5.79. The van der Waals surface area contributed by atoms with E-state index in [1.165, 1.54) is 32.3 Å². The highest BCUT2D eigenvalue weighted by Crippen LogP contribution is 2.37. The minimum Gasteiger partial charge on any atom is -0.255 e. The second kappa shape index (κ2) is 10.1. The van der Waals surface area contributed by atoms with E-state index in [-0.39, 0.29) is 0 Å². The van der Waals surface area contributed by atoms with E-state index in [1.54, 1.807) is 6.20 Å². The molecule has 0 aliphatic rings. The highest BCUT2D eigenvalue weighted by molar-refractivity contribution is 6.25. The van der Waals surface area contributed by atoms with Gasteiger partial charge in [0.25, 0.3) is 0 Å². The first-order valence-corrected chi connectivity index (χ1v) is 14.1. The van der Waals surface area contributed by atoms with Crippen LogP contribution in [0.5, 0.6) is 0 Å². The molecule has 0 atom stereocenters. The lowest BCUT2D eigenvalue weighted by Gasteiger charge is -2.12. The summed E-state index contributed by atoms with van der Waals surface area (Å²) < 4.78 is 0. The number of hydrogen-bond acceptors (Lipinski definition) is 3. The Bertz CT molecular complexity index is 2130. The van der Waals surface area contributed by atoms with Gasteiger partial charge in [-0.1, -0.05) is 103 Å². The van der Waals surface area contributed by atoms with Crippen molar-refractivity contribution in [1.29, 1.82) is 0 Å². The number of pyridine rings is 3. The van der Waals surface area contributed by atoms with Crippen LogP contribution in [0.3, 0.4) is 0 Å². The molecule has 0 unspecified atom stereocenters. The summed E-state index contributed by atoms with van der Waals surface area (Å²) in [6.45, 7) is 0. The van der Waals surface area contributed by atoms with Gasteiger partial charge in [0.05, 0.1) is 22.8 Å². The van der Waals surface area contributed by atoms with E-state index < -0.39 is 0 Å². The summed E-state index contributed by atoms with van der Waals surface area (Å²) >= 11 is 0. The molecule has 0 aliphatic heterocycles. The van der Waals surface area contributed by atoms with Crippen molar-refractivity contribution in [2.24, 2.45) is 0 Å². The molecular formula is C39H25N3. The minimum absolute atomic E-state index is 0.819. The average molecular weight is 536 g/mol. The van der Waals surface area contributed by atoms with E-state index in [0.717, 1.165) is 45.0 Å². The summed E-state index contributed by atoms with van der Waals surface area (Å²) in [7, 11) is 0. The molecule has 0 fully saturated rings. The normalized spacial score (nSPS) is 11.3. The van der Waals surface area contributed by atoms with Crippen LogP contribution < -0.4 is 0 Å². The third-order valence-corrected chi connectivity index (χ3v) is 7.96. The van der Waals surface area contributed by atoms with E-state index in [4.69, 9.17) is 9.97 Å². The van der Waals surface area contributed by atoms with Crippen molar-refractivity contribution in [3.8, 4) is 45.0 Å². The summed E-state index contributed by atoms with van der Waals surface area (Å²) in [6, 6.07) is 48.8. The first-order valence-electron chi connectivity index (χ1n) is 14.1. The summed E-state index contributed by atoms with van der Waals surface area (Å²) in [5, 5.41) is 7.62. The first kappa shape index (κ1) is 24.2. The fraction of sp³-hybridized carbons (Fsp3) is 0. The zero-order valence-corrected chi connectivity index (χ0v) is 22.8. The maximum Gasteiger partial charge on any atom is 0.0900 e. The highest BCUT2D eigenvalue weighted by atomic mass is 14.8. The second-order valence-corrected chi connectivity index (χ2v) is 10.5. The molecule has 196 valence electrons. The van der Waals surface area contributed by atoms with Gasteiger partial charge in [-0.2, -0.15) is 0 Å². The van der Waals surface area contributed by atoms with Crippen LogP contribution in [0.2, 0.25) is 0 Å². The molecule has 5 aromatic carbocycles. The number of rotatable bonds is 4. The second-order valence-electron chi connectivity index (χ2n) is 10.5. The maximum absolute atomic E-state index is 4.98. The van der Waals surface area contributed by atoms with Crippen molar-refractivity contribution in [3.63, 3.8) is 0 Å². The molecule has 3 aromatic heterocycles. The zero-order chi connectivity index (χ0) is 27.9. The fourth-order valence-electron chi connectivity index (χ4n) is 5.91. The van der Waals surface area contributed by atoms with E-state index in [0.29, 0.717) is 0 Å². The van der Waals surface area contributed by atoms with Gasteiger partial charge >= 0.3 is 0 Å². The molecule has 0 saturated heterocycles. The topological polar surface area (TPSA) is 38.7 Å². The van der Waals surface area contributed by atoms with Crippen molar-refractivity contribution in [3.05, 3.63) is 152 Å². The molecular weight excluding hydrogens is 510 g/mol. The summed E-state index contributed by atoms with van der Waals surface area (Å²) in [5.41, 5.74) is 7.73. The molecule has 0 spiro atoms. The molecule has 0 aliphatic carbocycles. The van der Waals surface area contributed by atoms with E-state index >= 15 is 0 Å². The lowest BCUT2D eigenvalue weighted by Crippen LogP contribution is -1.94. The minimum atomic E-state index is 0.819. The molecule has 3 heterocycles. The fourth-order valence-corrected chi connectivity index (χ4v) is 5.91. The monoisotopic (exact) mass is 535 g/mol. The predicted molar refractivity (Wildman–Crippen MR) is 174 cm³/mol. The van der Waals surface area contributed by atoms with E-state index in [1.807, 2.05) is 30.5 Å². The Morgan fingerprint density at radius 2 is 0.881 bits per heavy atom. The van der Waals surface area contributed by atoms with Crippen LogP contribution in [0.15, 0.2) is 152 Å². The number of fused-ring (bicyclic) bond motifs is 6. The molecule has 0 bridgehead atoms. The molecule has 0 amide bonds. The third kappa shape index (κ3) is 4.20. The first-order chi connectivity index (χ1) is 20.8. The number of aromatic nitrogens is 3. The van der Waals surface area contributed by atoms with Crippen molar-refractivity contribution in [2.45, 2.75) is 0 Å². The zero-order valence-electron chi connectivity index (χ0n) is 22.8. The standard InChI is InChI=1S/C39H25N3/c1-2-10-26(11-3-1)29-23-38(36-16-8-9-21-40-36)42-39(24-29)37-20-18-28(25-41-37)27-17-19-34-32-14-5-4-12-30(32)31-13-6-7-15-33(31)35(34)22-27/h1-25H. The molecule has 42 heavy (non-hydrogen) atoms. The van der Waals surface area contributed by atoms with Gasteiger partial charge in [0.2, 0.25) is 0 Å². The van der Waals surface area contributed by atoms with Crippen molar-refractivity contribution in [2.75, 3.05) is 0 Å². The van der Waals surface area contributed by atoms with Crippen molar-refractivity contribution >= 4 is 32.3 Å². The quantitative estimate of drug-likeness (QED) is 0.211. The molecule has 8 rings (SSSR count). The Balaban J connectivity index is 1.23. The molecule has 0 radical (unpaired) electrons. The van der Waals surface area contributed by atoms with Gasteiger partial charge in [0.15, 0.2) is 0 Å². The summed E-state index contributed by atoms with van der Waals surface area (Å²) in [5.74, 6) is 0. The lowest BCUT2D eigenvalue weighted by molar-refractivity contribution is 1.22. The lowest BCUT2D eigenvalue weighted by atomic mass is 9.92. The Morgan fingerprint density at radius 3 is 1.50 bits per heavy atom. The van der Waals surface area contributed by atoms with E-state index in [2.05, 4.69) is 120 Å². The van der Waals surface area contributed by atoms with Crippen LogP contribution in [0, 0.1) is 0 Å². The Morgan fingerprint density at radius 1 is 0.310 bits per heavy atom. The van der Waals surface area contributed by atoms with Gasteiger partial charge in [-0.05, 0) is 85.4 Å². The van der Waals surface area contributed by atoms with Crippen molar-refractivity contribution in [1.82, 2.24) is 15.0 Å². The van der Waals surface area contributed by atoms with Gasteiger partial charge in [-0.25, -0.2) is 4.98 Å². The van der Waals surface area contributed by atoms with Crippen LogP contribution in [0.4, 0.5) is 0 Å². The Hall–Kier alpha value is -5.67. The smallest absolute Gasteiger partial charge is 0.0900 e. The highest BCUT2D eigenvalue weighted by Gasteiger charge is 2.12. The van der Waals surface area contributed by atoms with Crippen LogP contribution in [0.25, 0.3) is 77.3 Å². The predicted octanol–water partition coefficient (Wildman–Crippen LogP) is 10.00. The van der Waals surface area contributed by atoms with Gasteiger partial charge in [0, 0.05) is 18.0 Å². The molecule has 0 saturated carbocycles. The number of nitrogens with zero attached hydrogens (tertiary/aromatic N) is 3. The van der Waals surface area contributed by atoms with Crippen molar-refractivity contribution < 1.29 is 0 Å². The largest absolute Gasteiger partial charge is 0.255 e. The number of benzene rings is 5. The molecule has 3 heteroatoms. The summed E-state index contributed by atoms with van der Waals surface area (Å²) in [6.07, 6.45) is 3.76. The third-order valence-electron chi connectivity index (χ3n) is 7.96. The molecule has 3 nitrogen and oxygen atoms in total. The number of hydrogen-bond donors (Lipinski definition) is 0. The van der Waals surface area contributed by atoms with Crippen LogP contribution >= 0.6 is 0 Å². The Labute approximate surface area is 243 Å². The SMILES string of the molecule is c1ccc(-c2cc(-c3ccccn3)nc(-c3ccc(-c4ccc5c6ccccc6c6ccccc6c5c4)cn3)c2)cc1. The van der Waals surface area contributed by atoms with Gasteiger partial charge in [0.1, 0.15) is 0 Å².